The summed E-state index contributed by atoms with van der Waals surface area (Å²) < 4.78 is 13.7. The van der Waals surface area contributed by atoms with E-state index in [9.17, 15) is 4.39 Å². The van der Waals surface area contributed by atoms with Crippen molar-refractivity contribution in [1.82, 2.24) is 4.98 Å². The smallest absolute Gasteiger partial charge is 0.141 e. The number of halogens is 2. The highest BCUT2D eigenvalue weighted by Crippen LogP contribution is 2.23. The van der Waals surface area contributed by atoms with E-state index in [1.165, 1.54) is 6.07 Å². The van der Waals surface area contributed by atoms with Crippen molar-refractivity contribution in [3.8, 4) is 11.3 Å². The monoisotopic (exact) mass is 239 g/mol. The Morgan fingerprint density at radius 3 is 2.67 bits per heavy atom. The van der Waals surface area contributed by atoms with E-state index < -0.39 is 5.82 Å². The largest absolute Gasteiger partial charge is 0.361 e. The van der Waals surface area contributed by atoms with Crippen molar-refractivity contribution in [2.45, 2.75) is 0 Å². The molecule has 0 atom stereocenters. The topological polar surface area (TPSA) is 15.8 Å². The molecule has 1 aromatic carbocycles. The third kappa shape index (κ3) is 2.25. The van der Waals surface area contributed by atoms with Crippen LogP contribution < -0.4 is 0 Å². The maximum Gasteiger partial charge on any atom is 0.141 e. The van der Waals surface area contributed by atoms with E-state index in [4.69, 9.17) is 23.8 Å². The molecule has 0 spiro atoms. The molecule has 0 bridgehead atoms. The van der Waals surface area contributed by atoms with Crippen LogP contribution in [-0.4, -0.2) is 4.98 Å². The first kappa shape index (κ1) is 10.3. The van der Waals surface area contributed by atoms with Gasteiger partial charge in [-0.25, -0.2) is 4.39 Å². The summed E-state index contributed by atoms with van der Waals surface area (Å²) in [6.07, 6.45) is 1.74. The van der Waals surface area contributed by atoms with E-state index >= 15 is 0 Å². The first-order chi connectivity index (χ1) is 7.16. The average Bonchev–Trinajstić information content (AvgIpc) is 2.22. The normalized spacial score (nSPS) is 10.3. The minimum absolute atomic E-state index is 0.107. The second-order valence-corrected chi connectivity index (χ2v) is 3.95. The molecule has 15 heavy (non-hydrogen) atoms. The summed E-state index contributed by atoms with van der Waals surface area (Å²) in [4.78, 5) is 3.02. The summed E-state index contributed by atoms with van der Waals surface area (Å²) in [5.74, 6) is -0.421. The first-order valence-corrected chi connectivity index (χ1v) is 5.09. The van der Waals surface area contributed by atoms with Crippen molar-refractivity contribution < 1.29 is 4.39 Å². The quantitative estimate of drug-likeness (QED) is 0.738. The highest BCUT2D eigenvalue weighted by molar-refractivity contribution is 7.71. The molecule has 0 saturated heterocycles. The molecule has 0 radical (unpaired) electrons. The van der Waals surface area contributed by atoms with Crippen LogP contribution in [0.4, 0.5) is 4.39 Å². The number of hydrogen-bond donors (Lipinski definition) is 1. The van der Waals surface area contributed by atoms with E-state index in [-0.39, 0.29) is 5.02 Å². The number of pyridine rings is 1. The SMILES string of the molecule is Fc1ccc(-c2cc(=S)cc[nH]2)cc1Cl. The second-order valence-electron chi connectivity index (χ2n) is 3.07. The zero-order valence-electron chi connectivity index (χ0n) is 7.63. The van der Waals surface area contributed by atoms with Crippen LogP contribution in [0.1, 0.15) is 0 Å². The number of aromatic nitrogens is 1. The summed E-state index contributed by atoms with van der Waals surface area (Å²) >= 11 is 10.7. The van der Waals surface area contributed by atoms with Gasteiger partial charge in [0.1, 0.15) is 5.82 Å². The molecular formula is C11H7ClFNS. The van der Waals surface area contributed by atoms with E-state index in [1.807, 2.05) is 0 Å². The van der Waals surface area contributed by atoms with Gasteiger partial charge in [0.2, 0.25) is 0 Å². The third-order valence-electron chi connectivity index (χ3n) is 2.00. The van der Waals surface area contributed by atoms with Crippen LogP contribution in [0.25, 0.3) is 11.3 Å². The number of rotatable bonds is 1. The number of benzene rings is 1. The Morgan fingerprint density at radius 2 is 2.00 bits per heavy atom. The van der Waals surface area contributed by atoms with Gasteiger partial charge in [0.05, 0.1) is 5.02 Å². The van der Waals surface area contributed by atoms with E-state index in [2.05, 4.69) is 4.98 Å². The lowest BCUT2D eigenvalue weighted by Crippen LogP contribution is -1.84. The summed E-state index contributed by atoms with van der Waals surface area (Å²) in [7, 11) is 0. The van der Waals surface area contributed by atoms with Crippen LogP contribution in [0.15, 0.2) is 36.5 Å². The predicted molar refractivity (Wildman–Crippen MR) is 62.0 cm³/mol. The van der Waals surface area contributed by atoms with Crippen molar-refractivity contribution in [3.63, 3.8) is 0 Å². The Balaban J connectivity index is 2.55. The Kier molecular flexibility index (Phi) is 2.84. The number of nitrogens with one attached hydrogen (secondary N) is 1. The van der Waals surface area contributed by atoms with Gasteiger partial charge in [-0.15, -0.1) is 0 Å². The average molecular weight is 240 g/mol. The number of aromatic amines is 1. The number of hydrogen-bond acceptors (Lipinski definition) is 1. The fraction of sp³-hybridized carbons (Fsp3) is 0. The maximum absolute atomic E-state index is 12.9. The third-order valence-corrected chi connectivity index (χ3v) is 2.55. The van der Waals surface area contributed by atoms with Gasteiger partial charge >= 0.3 is 0 Å². The lowest BCUT2D eigenvalue weighted by Gasteiger charge is -2.02. The van der Waals surface area contributed by atoms with Gasteiger partial charge in [0.25, 0.3) is 0 Å². The summed E-state index contributed by atoms with van der Waals surface area (Å²) in [5.41, 5.74) is 1.64. The Labute approximate surface area is 96.5 Å². The molecule has 1 heterocycles. The van der Waals surface area contributed by atoms with Gasteiger partial charge in [0, 0.05) is 16.4 Å². The van der Waals surface area contributed by atoms with Crippen LogP contribution >= 0.6 is 23.8 Å². The molecule has 0 saturated carbocycles. The fourth-order valence-electron chi connectivity index (χ4n) is 1.28. The van der Waals surface area contributed by atoms with Crippen molar-refractivity contribution >= 4 is 23.8 Å². The lowest BCUT2D eigenvalue weighted by molar-refractivity contribution is 0.628. The minimum Gasteiger partial charge on any atom is -0.361 e. The molecule has 2 rings (SSSR count). The molecule has 1 nitrogen and oxygen atoms in total. The molecular weight excluding hydrogens is 233 g/mol. The van der Waals surface area contributed by atoms with Gasteiger partial charge in [-0.3, -0.25) is 0 Å². The van der Waals surface area contributed by atoms with Crippen molar-refractivity contribution in [2.75, 3.05) is 0 Å². The predicted octanol–water partition coefficient (Wildman–Crippen LogP) is 4.20. The molecule has 0 aliphatic rings. The molecule has 0 amide bonds. The second kappa shape index (κ2) is 4.13. The Bertz CT molecular complexity index is 550. The zero-order chi connectivity index (χ0) is 10.8. The summed E-state index contributed by atoms with van der Waals surface area (Å²) in [6.45, 7) is 0. The molecule has 0 fully saturated rings. The molecule has 2 aromatic rings. The summed E-state index contributed by atoms with van der Waals surface area (Å²) in [6, 6.07) is 8.14. The van der Waals surface area contributed by atoms with Crippen LogP contribution in [0, 0.1) is 10.3 Å². The maximum atomic E-state index is 12.9. The standard InChI is InChI=1S/C11H7ClFNS/c12-9-5-7(1-2-10(9)13)11-6-8(15)3-4-14-11/h1-6H,(H,14,15). The van der Waals surface area contributed by atoms with Crippen LogP contribution in [-0.2, 0) is 0 Å². The van der Waals surface area contributed by atoms with Crippen LogP contribution in [0.3, 0.4) is 0 Å². The van der Waals surface area contributed by atoms with Crippen LogP contribution in [0.2, 0.25) is 5.02 Å². The minimum atomic E-state index is -0.421. The van der Waals surface area contributed by atoms with E-state index in [0.29, 0.717) is 0 Å². The van der Waals surface area contributed by atoms with E-state index in [0.717, 1.165) is 15.8 Å². The van der Waals surface area contributed by atoms with Crippen LogP contribution in [0.5, 0.6) is 0 Å². The zero-order valence-corrected chi connectivity index (χ0v) is 9.20. The van der Waals surface area contributed by atoms with Gasteiger partial charge in [-0.1, -0.05) is 23.8 Å². The Morgan fingerprint density at radius 1 is 1.20 bits per heavy atom. The highest BCUT2D eigenvalue weighted by Gasteiger charge is 2.02. The van der Waals surface area contributed by atoms with Gasteiger partial charge < -0.3 is 4.98 Å². The molecule has 0 aliphatic carbocycles. The molecule has 1 aromatic heterocycles. The van der Waals surface area contributed by atoms with E-state index in [1.54, 1.807) is 30.5 Å². The Hall–Kier alpha value is -1.19. The first-order valence-electron chi connectivity index (χ1n) is 4.31. The number of H-pyrrole nitrogens is 1. The van der Waals surface area contributed by atoms with Gasteiger partial charge in [0.15, 0.2) is 0 Å². The highest BCUT2D eigenvalue weighted by atomic mass is 35.5. The lowest BCUT2D eigenvalue weighted by atomic mass is 10.1. The van der Waals surface area contributed by atoms with Crippen molar-refractivity contribution in [1.29, 1.82) is 0 Å². The molecule has 0 unspecified atom stereocenters. The molecule has 0 aliphatic heterocycles. The van der Waals surface area contributed by atoms with Crippen molar-refractivity contribution in [2.24, 2.45) is 0 Å². The van der Waals surface area contributed by atoms with Crippen molar-refractivity contribution in [3.05, 3.63) is 51.9 Å². The van der Waals surface area contributed by atoms with Gasteiger partial charge in [-0.05, 0) is 35.9 Å². The molecule has 1 N–H and O–H groups in total. The fourth-order valence-corrected chi connectivity index (χ4v) is 1.64. The summed E-state index contributed by atoms with van der Waals surface area (Å²) in [5, 5.41) is 0.107. The molecule has 76 valence electrons. The van der Waals surface area contributed by atoms with Gasteiger partial charge in [-0.2, -0.15) is 0 Å². The molecule has 4 heteroatoms.